The van der Waals surface area contributed by atoms with Gasteiger partial charge in [0.25, 0.3) is 0 Å². The van der Waals surface area contributed by atoms with Crippen molar-refractivity contribution in [2.75, 3.05) is 19.7 Å². The summed E-state index contributed by atoms with van der Waals surface area (Å²) < 4.78 is 6.23. The summed E-state index contributed by atoms with van der Waals surface area (Å²) in [6.45, 7) is 9.83. The highest BCUT2D eigenvalue weighted by Crippen LogP contribution is 2.36. The van der Waals surface area contributed by atoms with Crippen molar-refractivity contribution in [2.45, 2.75) is 77.7 Å². The summed E-state index contributed by atoms with van der Waals surface area (Å²) >= 11 is 0. The summed E-state index contributed by atoms with van der Waals surface area (Å²) in [5.41, 5.74) is 0.148. The average molecular weight is 255 g/mol. The van der Waals surface area contributed by atoms with Crippen LogP contribution in [-0.4, -0.2) is 25.3 Å². The van der Waals surface area contributed by atoms with Gasteiger partial charge in [0.2, 0.25) is 0 Å². The predicted octanol–water partition coefficient (Wildman–Crippen LogP) is 4.14. The van der Waals surface area contributed by atoms with Gasteiger partial charge < -0.3 is 10.1 Å². The van der Waals surface area contributed by atoms with Gasteiger partial charge in [0.15, 0.2) is 0 Å². The van der Waals surface area contributed by atoms with E-state index >= 15 is 0 Å². The normalized spacial score (nSPS) is 28.5. The van der Waals surface area contributed by atoms with Gasteiger partial charge in [-0.3, -0.25) is 0 Å². The second kappa shape index (κ2) is 8.92. The molecule has 0 aliphatic heterocycles. The van der Waals surface area contributed by atoms with Crippen LogP contribution in [0.25, 0.3) is 0 Å². The first-order valence-corrected chi connectivity index (χ1v) is 8.11. The van der Waals surface area contributed by atoms with Gasteiger partial charge in [-0.1, -0.05) is 33.6 Å². The quantitative estimate of drug-likeness (QED) is 0.625. The molecule has 0 amide bonds. The highest BCUT2D eigenvalue weighted by atomic mass is 16.5. The van der Waals surface area contributed by atoms with Gasteiger partial charge in [0.05, 0.1) is 5.60 Å². The Morgan fingerprint density at radius 1 is 1.06 bits per heavy atom. The summed E-state index contributed by atoms with van der Waals surface area (Å²) in [4.78, 5) is 0. The number of rotatable bonds is 9. The standard InChI is InChI=1S/C16H33NO/c1-4-7-15-8-10-16(11-9-15,18-13-6-3)14-17-12-5-2/h15,17H,4-14H2,1-3H3. The Labute approximate surface area is 114 Å². The summed E-state index contributed by atoms with van der Waals surface area (Å²) in [5.74, 6) is 0.958. The lowest BCUT2D eigenvalue weighted by Gasteiger charge is -2.40. The molecule has 0 bridgehead atoms. The lowest BCUT2D eigenvalue weighted by molar-refractivity contribution is -0.0765. The first-order chi connectivity index (χ1) is 8.76. The molecule has 1 N–H and O–H groups in total. The van der Waals surface area contributed by atoms with Crippen molar-refractivity contribution < 1.29 is 4.74 Å². The molecule has 0 atom stereocenters. The fourth-order valence-electron chi connectivity index (χ4n) is 3.08. The fraction of sp³-hybridized carbons (Fsp3) is 1.00. The molecule has 1 fully saturated rings. The third kappa shape index (κ3) is 5.27. The summed E-state index contributed by atoms with van der Waals surface area (Å²) in [6.07, 6.45) is 10.3. The van der Waals surface area contributed by atoms with E-state index in [1.165, 1.54) is 44.9 Å². The van der Waals surface area contributed by atoms with Crippen LogP contribution in [0.4, 0.5) is 0 Å². The van der Waals surface area contributed by atoms with E-state index in [2.05, 4.69) is 26.1 Å². The molecule has 1 saturated carbocycles. The Kier molecular flexibility index (Phi) is 7.92. The van der Waals surface area contributed by atoms with E-state index in [-0.39, 0.29) is 5.60 Å². The van der Waals surface area contributed by atoms with Crippen LogP contribution in [0.5, 0.6) is 0 Å². The van der Waals surface area contributed by atoms with Crippen molar-refractivity contribution in [2.24, 2.45) is 5.92 Å². The van der Waals surface area contributed by atoms with Gasteiger partial charge in [0.1, 0.15) is 0 Å². The van der Waals surface area contributed by atoms with Crippen LogP contribution < -0.4 is 5.32 Å². The fourth-order valence-corrected chi connectivity index (χ4v) is 3.08. The summed E-state index contributed by atoms with van der Waals surface area (Å²) in [6, 6.07) is 0. The highest BCUT2D eigenvalue weighted by molar-refractivity contribution is 4.89. The maximum absolute atomic E-state index is 6.23. The first kappa shape index (κ1) is 16.0. The SMILES string of the molecule is CCCNCC1(OCCC)CCC(CCC)CC1. The molecule has 0 aromatic carbocycles. The van der Waals surface area contributed by atoms with Crippen molar-refractivity contribution in [3.05, 3.63) is 0 Å². The molecule has 2 nitrogen and oxygen atoms in total. The third-order valence-corrected chi connectivity index (χ3v) is 4.20. The molecule has 1 aliphatic carbocycles. The van der Waals surface area contributed by atoms with Crippen molar-refractivity contribution in [3.63, 3.8) is 0 Å². The molecule has 1 rings (SSSR count). The topological polar surface area (TPSA) is 21.3 Å². The smallest absolute Gasteiger partial charge is 0.0806 e. The molecular weight excluding hydrogens is 222 g/mol. The number of hydrogen-bond donors (Lipinski definition) is 1. The Hall–Kier alpha value is -0.0800. The molecule has 108 valence electrons. The second-order valence-electron chi connectivity index (χ2n) is 5.94. The number of hydrogen-bond acceptors (Lipinski definition) is 2. The lowest BCUT2D eigenvalue weighted by Crippen LogP contribution is -2.46. The molecular formula is C16H33NO. The van der Waals surface area contributed by atoms with Gasteiger partial charge in [-0.15, -0.1) is 0 Å². The Morgan fingerprint density at radius 2 is 1.78 bits per heavy atom. The molecule has 0 radical (unpaired) electrons. The van der Waals surface area contributed by atoms with Gasteiger partial charge in [-0.25, -0.2) is 0 Å². The summed E-state index contributed by atoms with van der Waals surface area (Å²) in [7, 11) is 0. The van der Waals surface area contributed by atoms with E-state index in [9.17, 15) is 0 Å². The van der Waals surface area contributed by atoms with Gasteiger partial charge in [0, 0.05) is 13.2 Å². The van der Waals surface area contributed by atoms with E-state index in [1.54, 1.807) is 0 Å². The van der Waals surface area contributed by atoms with E-state index in [1.807, 2.05) is 0 Å². The molecule has 0 aromatic rings. The van der Waals surface area contributed by atoms with Crippen LogP contribution in [0.1, 0.15) is 72.1 Å². The van der Waals surface area contributed by atoms with E-state index in [4.69, 9.17) is 4.74 Å². The molecule has 0 saturated heterocycles. The Balaban J connectivity index is 2.41. The van der Waals surface area contributed by atoms with Crippen LogP contribution in [-0.2, 0) is 4.74 Å². The Morgan fingerprint density at radius 3 is 2.33 bits per heavy atom. The highest BCUT2D eigenvalue weighted by Gasteiger charge is 2.35. The van der Waals surface area contributed by atoms with Gasteiger partial charge in [-0.05, 0) is 51.0 Å². The van der Waals surface area contributed by atoms with E-state index in [0.29, 0.717) is 0 Å². The molecule has 0 aromatic heterocycles. The molecule has 0 unspecified atom stereocenters. The molecule has 1 aliphatic rings. The zero-order valence-corrected chi connectivity index (χ0v) is 12.8. The van der Waals surface area contributed by atoms with Gasteiger partial charge in [-0.2, -0.15) is 0 Å². The first-order valence-electron chi connectivity index (χ1n) is 8.11. The number of nitrogens with one attached hydrogen (secondary N) is 1. The van der Waals surface area contributed by atoms with Crippen molar-refractivity contribution in [1.29, 1.82) is 0 Å². The maximum atomic E-state index is 6.23. The largest absolute Gasteiger partial charge is 0.374 e. The third-order valence-electron chi connectivity index (χ3n) is 4.20. The molecule has 18 heavy (non-hydrogen) atoms. The van der Waals surface area contributed by atoms with Crippen LogP contribution in [0.2, 0.25) is 0 Å². The minimum Gasteiger partial charge on any atom is -0.374 e. The summed E-state index contributed by atoms with van der Waals surface area (Å²) in [5, 5.41) is 3.58. The maximum Gasteiger partial charge on any atom is 0.0806 e. The zero-order chi connectivity index (χ0) is 13.3. The second-order valence-corrected chi connectivity index (χ2v) is 5.94. The van der Waals surface area contributed by atoms with Gasteiger partial charge >= 0.3 is 0 Å². The van der Waals surface area contributed by atoms with Crippen LogP contribution in [0.15, 0.2) is 0 Å². The minimum atomic E-state index is 0.148. The predicted molar refractivity (Wildman–Crippen MR) is 79.0 cm³/mol. The molecule has 0 spiro atoms. The van der Waals surface area contributed by atoms with Crippen LogP contribution >= 0.6 is 0 Å². The van der Waals surface area contributed by atoms with E-state index < -0.39 is 0 Å². The van der Waals surface area contributed by atoms with Crippen molar-refractivity contribution >= 4 is 0 Å². The molecule has 2 heteroatoms. The molecule has 0 heterocycles. The van der Waals surface area contributed by atoms with Crippen molar-refractivity contribution in [1.82, 2.24) is 5.32 Å². The average Bonchev–Trinajstić information content (AvgIpc) is 2.40. The number of ether oxygens (including phenoxy) is 1. The Bertz CT molecular complexity index is 197. The zero-order valence-electron chi connectivity index (χ0n) is 12.8. The minimum absolute atomic E-state index is 0.148. The van der Waals surface area contributed by atoms with Crippen LogP contribution in [0.3, 0.4) is 0 Å². The lowest BCUT2D eigenvalue weighted by atomic mass is 9.77. The van der Waals surface area contributed by atoms with Crippen LogP contribution in [0, 0.1) is 5.92 Å². The van der Waals surface area contributed by atoms with Crippen molar-refractivity contribution in [3.8, 4) is 0 Å². The van der Waals surface area contributed by atoms with E-state index in [0.717, 1.165) is 32.0 Å². The monoisotopic (exact) mass is 255 g/mol.